The minimum absolute atomic E-state index is 0.0234. The minimum atomic E-state index is 0.0234. The van der Waals surface area contributed by atoms with Crippen LogP contribution in [0.2, 0.25) is 5.02 Å². The first kappa shape index (κ1) is 18.2. The van der Waals surface area contributed by atoms with Crippen LogP contribution in [0.3, 0.4) is 0 Å². The maximum Gasteiger partial charge on any atom is 0.223 e. The maximum absolute atomic E-state index is 12.6. The van der Waals surface area contributed by atoms with Crippen LogP contribution in [0.5, 0.6) is 0 Å². The molecule has 1 fully saturated rings. The summed E-state index contributed by atoms with van der Waals surface area (Å²) in [6.07, 6.45) is 2.90. The number of halogens is 1. The van der Waals surface area contributed by atoms with E-state index in [0.29, 0.717) is 26.1 Å². The molecule has 7 heteroatoms. The van der Waals surface area contributed by atoms with Crippen molar-refractivity contribution in [3.05, 3.63) is 52.4 Å². The van der Waals surface area contributed by atoms with Crippen molar-refractivity contribution in [3.63, 3.8) is 0 Å². The van der Waals surface area contributed by atoms with Gasteiger partial charge in [-0.1, -0.05) is 23.7 Å². The Balaban J connectivity index is 1.33. The number of carbonyl (C=O) groups is 1. The Hall–Kier alpha value is -2.18. The summed E-state index contributed by atoms with van der Waals surface area (Å²) in [6.45, 7) is 5.58. The van der Waals surface area contributed by atoms with E-state index in [1.807, 2.05) is 36.1 Å². The molecule has 0 radical (unpaired) electrons. The van der Waals surface area contributed by atoms with Crippen LogP contribution in [0.1, 0.15) is 36.3 Å². The second kappa shape index (κ2) is 7.82. The lowest BCUT2D eigenvalue weighted by molar-refractivity contribution is -0.131. The number of piperazine rings is 1. The number of hydrogen-bond donors (Lipinski definition) is 0. The van der Waals surface area contributed by atoms with Crippen molar-refractivity contribution >= 4 is 23.3 Å². The largest absolute Gasteiger partial charge is 0.367 e. The summed E-state index contributed by atoms with van der Waals surface area (Å²) in [5, 5.41) is 0.720. The molecule has 1 unspecified atom stereocenters. The first-order valence-electron chi connectivity index (χ1n) is 9.34. The molecule has 1 atom stereocenters. The lowest BCUT2D eigenvalue weighted by atomic mass is 10.1. The molecule has 1 aromatic heterocycles. The van der Waals surface area contributed by atoms with E-state index in [1.165, 1.54) is 0 Å². The van der Waals surface area contributed by atoms with Gasteiger partial charge in [-0.05, 0) is 31.0 Å². The van der Waals surface area contributed by atoms with E-state index in [0.717, 1.165) is 47.2 Å². The average Bonchev–Trinajstić information content (AvgIpc) is 3.09. The molecule has 0 bridgehead atoms. The van der Waals surface area contributed by atoms with E-state index in [9.17, 15) is 4.79 Å². The Morgan fingerprint density at radius 2 is 1.93 bits per heavy atom. The molecular formula is C20H23ClN4O2. The molecule has 2 aliphatic heterocycles. The Bertz CT molecular complexity index is 819. The number of carbonyl (C=O) groups excluding carboxylic acids is 1. The van der Waals surface area contributed by atoms with Gasteiger partial charge in [0, 0.05) is 43.2 Å². The fourth-order valence-corrected chi connectivity index (χ4v) is 3.85. The van der Waals surface area contributed by atoms with E-state index in [1.54, 1.807) is 6.33 Å². The summed E-state index contributed by atoms with van der Waals surface area (Å²) >= 11 is 5.91. The molecule has 4 rings (SSSR count). The van der Waals surface area contributed by atoms with Crippen LogP contribution in [-0.2, 0) is 22.6 Å². The van der Waals surface area contributed by atoms with Crippen molar-refractivity contribution in [2.75, 3.05) is 31.1 Å². The quantitative estimate of drug-likeness (QED) is 0.808. The van der Waals surface area contributed by atoms with E-state index >= 15 is 0 Å². The summed E-state index contributed by atoms with van der Waals surface area (Å²) in [5.41, 5.74) is 3.21. The number of aryl methyl sites for hydroxylation is 1. The average molecular weight is 387 g/mol. The Morgan fingerprint density at radius 3 is 2.67 bits per heavy atom. The van der Waals surface area contributed by atoms with Crippen LogP contribution in [0.15, 0.2) is 30.6 Å². The van der Waals surface area contributed by atoms with E-state index < -0.39 is 0 Å². The second-order valence-corrected chi connectivity index (χ2v) is 7.44. The molecule has 2 aliphatic rings. The van der Waals surface area contributed by atoms with Crippen LogP contribution < -0.4 is 4.90 Å². The van der Waals surface area contributed by atoms with Crippen molar-refractivity contribution in [2.45, 2.75) is 32.5 Å². The summed E-state index contributed by atoms with van der Waals surface area (Å²) in [4.78, 5) is 25.6. The molecule has 0 N–H and O–H groups in total. The first-order valence-corrected chi connectivity index (χ1v) is 9.72. The number of nitrogens with zero attached hydrogens (tertiary/aromatic N) is 4. The lowest BCUT2D eigenvalue weighted by Gasteiger charge is -2.36. The Kier molecular flexibility index (Phi) is 5.27. The molecule has 0 spiro atoms. The SMILES string of the molecule is CC1OCc2ncnc(N3CCN(C(=O)CCc4ccc(Cl)cc4)CC3)c21. The zero-order chi connectivity index (χ0) is 18.8. The van der Waals surface area contributed by atoms with Crippen molar-refractivity contribution in [1.82, 2.24) is 14.9 Å². The normalized spacial score (nSPS) is 19.3. The number of hydrogen-bond acceptors (Lipinski definition) is 5. The van der Waals surface area contributed by atoms with Crippen LogP contribution in [0.25, 0.3) is 0 Å². The van der Waals surface area contributed by atoms with Gasteiger partial charge in [0.15, 0.2) is 0 Å². The van der Waals surface area contributed by atoms with Gasteiger partial charge in [-0.25, -0.2) is 9.97 Å². The maximum atomic E-state index is 12.6. The van der Waals surface area contributed by atoms with Crippen molar-refractivity contribution in [1.29, 1.82) is 0 Å². The Labute approximate surface area is 164 Å². The first-order chi connectivity index (χ1) is 13.1. The van der Waals surface area contributed by atoms with Gasteiger partial charge in [0.2, 0.25) is 5.91 Å². The van der Waals surface area contributed by atoms with Crippen LogP contribution >= 0.6 is 11.6 Å². The number of benzene rings is 1. The highest BCUT2D eigenvalue weighted by Crippen LogP contribution is 2.35. The summed E-state index contributed by atoms with van der Waals surface area (Å²) in [7, 11) is 0. The van der Waals surface area contributed by atoms with E-state index in [-0.39, 0.29) is 12.0 Å². The lowest BCUT2D eigenvalue weighted by Crippen LogP contribution is -2.49. The number of rotatable bonds is 4. The van der Waals surface area contributed by atoms with Gasteiger partial charge in [-0.3, -0.25) is 4.79 Å². The molecule has 1 amide bonds. The fraction of sp³-hybridized carbons (Fsp3) is 0.450. The third-order valence-electron chi connectivity index (χ3n) is 5.29. The van der Waals surface area contributed by atoms with Gasteiger partial charge >= 0.3 is 0 Å². The van der Waals surface area contributed by atoms with Crippen LogP contribution in [0.4, 0.5) is 5.82 Å². The monoisotopic (exact) mass is 386 g/mol. The summed E-state index contributed by atoms with van der Waals surface area (Å²) in [5.74, 6) is 1.16. The smallest absolute Gasteiger partial charge is 0.223 e. The summed E-state index contributed by atoms with van der Waals surface area (Å²) in [6, 6.07) is 7.69. The minimum Gasteiger partial charge on any atom is -0.367 e. The zero-order valence-corrected chi connectivity index (χ0v) is 16.2. The molecule has 1 aromatic carbocycles. The number of fused-ring (bicyclic) bond motifs is 1. The predicted molar refractivity (Wildman–Crippen MR) is 104 cm³/mol. The number of anilines is 1. The molecule has 0 aliphatic carbocycles. The number of ether oxygens (including phenoxy) is 1. The molecule has 6 nitrogen and oxygen atoms in total. The van der Waals surface area contributed by atoms with E-state index in [4.69, 9.17) is 16.3 Å². The van der Waals surface area contributed by atoms with Crippen molar-refractivity contribution in [2.24, 2.45) is 0 Å². The third-order valence-corrected chi connectivity index (χ3v) is 5.55. The number of aromatic nitrogens is 2. The molecule has 2 aromatic rings. The highest BCUT2D eigenvalue weighted by Gasteiger charge is 2.29. The van der Waals surface area contributed by atoms with Gasteiger partial charge in [0.25, 0.3) is 0 Å². The fourth-order valence-electron chi connectivity index (χ4n) is 3.72. The standard InChI is InChI=1S/C20H23ClN4O2/c1-14-19-17(12-27-14)22-13-23-20(19)25-10-8-24(9-11-25)18(26)7-4-15-2-5-16(21)6-3-15/h2-3,5-6,13-14H,4,7-12H2,1H3. The van der Waals surface area contributed by atoms with Gasteiger partial charge in [-0.2, -0.15) is 0 Å². The van der Waals surface area contributed by atoms with Crippen molar-refractivity contribution in [3.8, 4) is 0 Å². The molecule has 0 saturated carbocycles. The molecule has 27 heavy (non-hydrogen) atoms. The number of amides is 1. The summed E-state index contributed by atoms with van der Waals surface area (Å²) < 4.78 is 5.69. The van der Waals surface area contributed by atoms with Gasteiger partial charge in [0.1, 0.15) is 12.1 Å². The zero-order valence-electron chi connectivity index (χ0n) is 15.4. The highest BCUT2D eigenvalue weighted by molar-refractivity contribution is 6.30. The van der Waals surface area contributed by atoms with Gasteiger partial charge in [-0.15, -0.1) is 0 Å². The second-order valence-electron chi connectivity index (χ2n) is 7.01. The van der Waals surface area contributed by atoms with Crippen LogP contribution in [0, 0.1) is 0 Å². The van der Waals surface area contributed by atoms with Gasteiger partial charge < -0.3 is 14.5 Å². The molecule has 1 saturated heterocycles. The van der Waals surface area contributed by atoms with Crippen molar-refractivity contribution < 1.29 is 9.53 Å². The predicted octanol–water partition coefficient (Wildman–Crippen LogP) is 3.00. The van der Waals surface area contributed by atoms with Gasteiger partial charge in [0.05, 0.1) is 18.4 Å². The molecular weight excluding hydrogens is 364 g/mol. The topological polar surface area (TPSA) is 58.6 Å². The Morgan fingerprint density at radius 1 is 1.19 bits per heavy atom. The molecule has 142 valence electrons. The third kappa shape index (κ3) is 3.92. The van der Waals surface area contributed by atoms with Crippen LogP contribution in [-0.4, -0.2) is 47.0 Å². The van der Waals surface area contributed by atoms with E-state index in [2.05, 4.69) is 14.9 Å². The molecule has 3 heterocycles. The highest BCUT2D eigenvalue weighted by atomic mass is 35.5.